The van der Waals surface area contributed by atoms with Gasteiger partial charge in [0.1, 0.15) is 19.3 Å². The molecule has 0 fully saturated rings. The molecule has 0 aliphatic carbocycles. The van der Waals surface area contributed by atoms with Gasteiger partial charge in [-0.15, -0.1) is 0 Å². The summed E-state index contributed by atoms with van der Waals surface area (Å²) in [6.45, 7) is 3.21. The van der Waals surface area contributed by atoms with Crippen LogP contribution in [0.15, 0.2) is 0 Å². The molecule has 0 saturated carbocycles. The van der Waals surface area contributed by atoms with Gasteiger partial charge in [-0.3, -0.25) is 13.8 Å². The highest BCUT2D eigenvalue weighted by Gasteiger charge is 2.26. The summed E-state index contributed by atoms with van der Waals surface area (Å²) >= 11 is 0. The zero-order valence-electron chi connectivity index (χ0n) is 25.6. The van der Waals surface area contributed by atoms with Gasteiger partial charge in [-0.25, -0.2) is 4.57 Å². The van der Waals surface area contributed by atoms with E-state index in [1.165, 1.54) is 77.0 Å². The summed E-state index contributed by atoms with van der Waals surface area (Å²) in [5.41, 5.74) is 0. The highest BCUT2D eigenvalue weighted by atomic mass is 31.2. The molecule has 0 amide bonds. The predicted molar refractivity (Wildman–Crippen MR) is 157 cm³/mol. The lowest BCUT2D eigenvalue weighted by Gasteiger charge is -2.24. The van der Waals surface area contributed by atoms with Crippen LogP contribution in [0, 0.1) is 0 Å². The molecular weight excluding hydrogens is 521 g/mol. The van der Waals surface area contributed by atoms with Gasteiger partial charge in [-0.1, -0.05) is 90.4 Å². The smallest absolute Gasteiger partial charge is 0.457 e. The van der Waals surface area contributed by atoms with Crippen LogP contribution in [0.3, 0.4) is 0 Å². The normalized spacial score (nSPS) is 14.3. The standard InChI is InChI=1S/C29H60NO8P/c1-5-6-7-8-9-10-11-12-13-14-15-16-17-20-24-35-26-28(38-29(32)21-18-19-23-31)27-37-39(33,34)36-25-22-30(2,3)4/h28,31H,5-27H2,1-4H3/p+1/t28-/m1/s1. The van der Waals surface area contributed by atoms with Gasteiger partial charge in [0.15, 0.2) is 0 Å². The lowest BCUT2D eigenvalue weighted by Crippen LogP contribution is -2.37. The summed E-state index contributed by atoms with van der Waals surface area (Å²) in [6.07, 6.45) is 18.4. The molecule has 0 aliphatic rings. The largest absolute Gasteiger partial charge is 0.472 e. The fourth-order valence-electron chi connectivity index (χ4n) is 4.00. The van der Waals surface area contributed by atoms with Crippen LogP contribution in [0.25, 0.3) is 0 Å². The van der Waals surface area contributed by atoms with Gasteiger partial charge in [-0.05, 0) is 19.3 Å². The van der Waals surface area contributed by atoms with Gasteiger partial charge in [0.2, 0.25) is 0 Å². The number of phosphoric acid groups is 1. The SMILES string of the molecule is CCCCCCCCCCCCCCCCOC[C@H](COP(=O)(O)OCC[N+](C)(C)C)OC(=O)CCCCO. The molecule has 2 N–H and O–H groups in total. The van der Waals surface area contributed by atoms with Crippen molar-refractivity contribution in [1.29, 1.82) is 0 Å². The Kier molecular flexibility index (Phi) is 24.8. The van der Waals surface area contributed by atoms with E-state index in [9.17, 15) is 14.3 Å². The van der Waals surface area contributed by atoms with Crippen molar-refractivity contribution in [3.8, 4) is 0 Å². The van der Waals surface area contributed by atoms with Gasteiger partial charge in [0.25, 0.3) is 0 Å². The number of hydrogen-bond acceptors (Lipinski definition) is 7. The maximum atomic E-state index is 12.2. The first-order valence-corrected chi connectivity index (χ1v) is 16.9. The number of aliphatic hydroxyl groups is 1. The van der Waals surface area contributed by atoms with E-state index in [2.05, 4.69) is 6.92 Å². The third-order valence-corrected chi connectivity index (χ3v) is 7.46. The molecule has 1 unspecified atom stereocenters. The van der Waals surface area contributed by atoms with Crippen LogP contribution in [-0.2, 0) is 27.9 Å². The van der Waals surface area contributed by atoms with Crippen molar-refractivity contribution < 1.29 is 42.4 Å². The van der Waals surface area contributed by atoms with Crippen LogP contribution in [0.5, 0.6) is 0 Å². The van der Waals surface area contributed by atoms with E-state index < -0.39 is 19.9 Å². The molecule has 0 aromatic heterocycles. The Labute approximate surface area is 239 Å². The highest BCUT2D eigenvalue weighted by molar-refractivity contribution is 7.47. The maximum absolute atomic E-state index is 12.2. The summed E-state index contributed by atoms with van der Waals surface area (Å²) < 4.78 is 34.1. The number of aliphatic hydroxyl groups excluding tert-OH is 1. The maximum Gasteiger partial charge on any atom is 0.472 e. The molecule has 2 atom stereocenters. The number of unbranched alkanes of at least 4 members (excludes halogenated alkanes) is 14. The molecule has 0 aliphatic heterocycles. The molecule has 0 spiro atoms. The van der Waals surface area contributed by atoms with Crippen LogP contribution < -0.4 is 0 Å². The van der Waals surface area contributed by atoms with E-state index in [4.69, 9.17) is 23.6 Å². The van der Waals surface area contributed by atoms with Gasteiger partial charge >= 0.3 is 13.8 Å². The Morgan fingerprint density at radius 3 is 1.79 bits per heavy atom. The summed E-state index contributed by atoms with van der Waals surface area (Å²) in [6, 6.07) is 0. The third kappa shape index (κ3) is 28.8. The second-order valence-electron chi connectivity index (χ2n) is 11.6. The second-order valence-corrected chi connectivity index (χ2v) is 13.0. The van der Waals surface area contributed by atoms with E-state index >= 15 is 0 Å². The number of nitrogens with zero attached hydrogens (tertiary/aromatic N) is 1. The molecule has 9 nitrogen and oxygen atoms in total. The van der Waals surface area contributed by atoms with Gasteiger partial charge in [-0.2, -0.15) is 0 Å². The second kappa shape index (κ2) is 25.2. The lowest BCUT2D eigenvalue weighted by molar-refractivity contribution is -0.870. The average Bonchev–Trinajstić information content (AvgIpc) is 2.86. The quantitative estimate of drug-likeness (QED) is 0.0451. The summed E-state index contributed by atoms with van der Waals surface area (Å²) in [7, 11) is 1.59. The highest BCUT2D eigenvalue weighted by Crippen LogP contribution is 2.43. The number of likely N-dealkylation sites (N-methyl/N-ethyl adjacent to an activating group) is 1. The topological polar surface area (TPSA) is 112 Å². The van der Waals surface area contributed by atoms with Crippen molar-refractivity contribution in [2.24, 2.45) is 0 Å². The Bertz CT molecular complexity index is 615. The number of carbonyl (C=O) groups is 1. The average molecular weight is 583 g/mol. The molecule has 39 heavy (non-hydrogen) atoms. The van der Waals surface area contributed by atoms with Crippen LogP contribution in [0.1, 0.15) is 116 Å². The van der Waals surface area contributed by atoms with Gasteiger partial charge < -0.3 is 24.0 Å². The summed E-state index contributed by atoms with van der Waals surface area (Å²) in [5.74, 6) is -0.448. The van der Waals surface area contributed by atoms with Crippen molar-refractivity contribution in [2.75, 3.05) is 60.7 Å². The van der Waals surface area contributed by atoms with Crippen LogP contribution >= 0.6 is 7.82 Å². The lowest BCUT2D eigenvalue weighted by atomic mass is 10.0. The molecule has 0 aromatic rings. The number of carbonyl (C=O) groups excluding carboxylic acids is 1. The Morgan fingerprint density at radius 1 is 0.744 bits per heavy atom. The van der Waals surface area contributed by atoms with Crippen molar-refractivity contribution >= 4 is 13.8 Å². The fraction of sp³-hybridized carbons (Fsp3) is 0.966. The van der Waals surface area contributed by atoms with Crippen LogP contribution in [0.4, 0.5) is 0 Å². The first-order chi connectivity index (χ1) is 18.6. The van der Waals surface area contributed by atoms with Crippen molar-refractivity contribution in [3.63, 3.8) is 0 Å². The molecule has 0 rings (SSSR count). The summed E-state index contributed by atoms with van der Waals surface area (Å²) in [5, 5.41) is 8.90. The Balaban J connectivity index is 4.09. The minimum atomic E-state index is -4.27. The Hall–Kier alpha value is -0.540. The monoisotopic (exact) mass is 582 g/mol. The number of phosphoric ester groups is 1. The van der Waals surface area contributed by atoms with Crippen LogP contribution in [0.2, 0.25) is 0 Å². The molecule has 0 radical (unpaired) electrons. The van der Waals surface area contributed by atoms with Gasteiger partial charge in [0.05, 0.1) is 34.4 Å². The number of rotatable bonds is 29. The van der Waals surface area contributed by atoms with E-state index in [1.54, 1.807) is 0 Å². The van der Waals surface area contributed by atoms with Gasteiger partial charge in [0, 0.05) is 19.6 Å². The molecule has 0 aromatic carbocycles. The summed E-state index contributed by atoms with van der Waals surface area (Å²) in [4.78, 5) is 22.1. The molecule has 234 valence electrons. The van der Waals surface area contributed by atoms with E-state index in [1.807, 2.05) is 21.1 Å². The van der Waals surface area contributed by atoms with E-state index in [0.717, 1.165) is 12.8 Å². The first-order valence-electron chi connectivity index (χ1n) is 15.4. The minimum Gasteiger partial charge on any atom is -0.457 e. The molecule has 0 bridgehead atoms. The van der Waals surface area contributed by atoms with Crippen molar-refractivity contribution in [2.45, 2.75) is 122 Å². The molecular formula is C29H61NO8P+. The minimum absolute atomic E-state index is 0.0143. The molecule has 0 heterocycles. The molecule has 0 saturated heterocycles. The number of ether oxygens (including phenoxy) is 2. The number of esters is 1. The zero-order valence-corrected chi connectivity index (χ0v) is 26.5. The van der Waals surface area contributed by atoms with E-state index in [0.29, 0.717) is 30.5 Å². The van der Waals surface area contributed by atoms with Crippen molar-refractivity contribution in [1.82, 2.24) is 0 Å². The van der Waals surface area contributed by atoms with Crippen LogP contribution in [-0.4, -0.2) is 87.3 Å². The Morgan fingerprint density at radius 2 is 1.28 bits per heavy atom. The third-order valence-electron chi connectivity index (χ3n) is 6.47. The predicted octanol–water partition coefficient (Wildman–Crippen LogP) is 6.40. The zero-order chi connectivity index (χ0) is 29.2. The number of quaternary nitrogens is 1. The van der Waals surface area contributed by atoms with Crippen molar-refractivity contribution in [3.05, 3.63) is 0 Å². The number of hydrogen-bond donors (Lipinski definition) is 2. The fourth-order valence-corrected chi connectivity index (χ4v) is 4.74. The van der Waals surface area contributed by atoms with E-state index in [-0.39, 0.29) is 32.8 Å². The molecule has 10 heteroatoms. The first kappa shape index (κ1) is 38.5.